The number of aromatic nitrogens is 3. The molecule has 2 saturated heterocycles. The highest BCUT2D eigenvalue weighted by Crippen LogP contribution is 2.47. The zero-order valence-electron chi connectivity index (χ0n) is 21.6. The molecule has 14 heteroatoms. The number of pyridine rings is 1. The van der Waals surface area contributed by atoms with E-state index in [2.05, 4.69) is 20.3 Å². The minimum Gasteiger partial charge on any atom is -0.472 e. The van der Waals surface area contributed by atoms with Crippen molar-refractivity contribution in [1.82, 2.24) is 20.3 Å². The molecule has 3 aliphatic heterocycles. The van der Waals surface area contributed by atoms with Gasteiger partial charge in [-0.15, -0.1) is 0 Å². The van der Waals surface area contributed by atoms with E-state index in [0.29, 0.717) is 12.6 Å². The molecule has 3 aliphatic rings. The van der Waals surface area contributed by atoms with Crippen LogP contribution in [0.3, 0.4) is 0 Å². The summed E-state index contributed by atoms with van der Waals surface area (Å²) in [7, 11) is 0. The second-order valence-corrected chi connectivity index (χ2v) is 10.4. The molecule has 3 aromatic rings. The van der Waals surface area contributed by atoms with Crippen LogP contribution in [0.1, 0.15) is 37.8 Å². The third-order valence-corrected chi connectivity index (χ3v) is 7.76. The number of hydrogen-bond donors (Lipinski definition) is 2. The molecular weight excluding hydrogens is 537 g/mol. The number of nitrogens with one attached hydrogen (secondary N) is 1. The number of alkyl halides is 3. The van der Waals surface area contributed by atoms with Gasteiger partial charge in [0.15, 0.2) is 11.9 Å². The molecule has 2 bridgehead atoms. The Balaban J connectivity index is 1.67. The Hall–Kier alpha value is -3.99. The second kappa shape index (κ2) is 9.02. The Labute approximate surface area is 225 Å². The zero-order valence-corrected chi connectivity index (χ0v) is 21.6. The van der Waals surface area contributed by atoms with Crippen LogP contribution in [0.5, 0.6) is 11.9 Å². The Morgan fingerprint density at radius 2 is 1.98 bits per heavy atom. The number of nitrogen functional groups attached to an aromatic ring is 1. The Morgan fingerprint density at radius 1 is 1.23 bits per heavy atom. The van der Waals surface area contributed by atoms with Crippen molar-refractivity contribution < 1.29 is 31.4 Å². The number of rotatable bonds is 3. The fourth-order valence-corrected chi connectivity index (χ4v) is 6.08. The highest BCUT2D eigenvalue weighted by molar-refractivity contribution is 5.97. The van der Waals surface area contributed by atoms with Crippen LogP contribution in [-0.2, 0) is 6.18 Å². The summed E-state index contributed by atoms with van der Waals surface area (Å²) in [5.41, 5.74) is 0.946. The zero-order chi connectivity index (χ0) is 28.7. The summed E-state index contributed by atoms with van der Waals surface area (Å²) < 4.78 is 85.2. The van der Waals surface area contributed by atoms with Gasteiger partial charge >= 0.3 is 12.2 Å². The van der Waals surface area contributed by atoms with Crippen LogP contribution in [0.25, 0.3) is 22.2 Å². The van der Waals surface area contributed by atoms with E-state index >= 15 is 4.39 Å². The smallest absolute Gasteiger partial charge is 0.417 e. The average Bonchev–Trinajstić information content (AvgIpc) is 3.21. The summed E-state index contributed by atoms with van der Waals surface area (Å²) in [6.07, 6.45) is -4.82. The summed E-state index contributed by atoms with van der Waals surface area (Å²) in [6.45, 7) is 4.66. The lowest BCUT2D eigenvalue weighted by molar-refractivity contribution is -0.137. The van der Waals surface area contributed by atoms with Gasteiger partial charge in [-0.2, -0.15) is 28.4 Å². The van der Waals surface area contributed by atoms with E-state index in [1.165, 1.54) is 6.92 Å². The van der Waals surface area contributed by atoms with Gasteiger partial charge in [0.2, 0.25) is 5.88 Å². The molecule has 5 heterocycles. The first-order valence-electron chi connectivity index (χ1n) is 12.7. The van der Waals surface area contributed by atoms with E-state index in [0.717, 1.165) is 19.8 Å². The first-order valence-corrected chi connectivity index (χ1v) is 12.7. The molecule has 0 amide bonds. The predicted octanol–water partition coefficient (Wildman–Crippen LogP) is 4.26. The van der Waals surface area contributed by atoms with E-state index in [1.807, 2.05) is 11.0 Å². The third kappa shape index (κ3) is 3.94. The monoisotopic (exact) mass is 561 g/mol. The second-order valence-electron chi connectivity index (χ2n) is 10.4. The number of piperazine rings is 1. The van der Waals surface area contributed by atoms with Crippen LogP contribution < -0.4 is 25.4 Å². The molecule has 0 radical (unpaired) electrons. The standard InChI is InChI=1S/C26H24F5N7O2/c1-9(7-32)39-25-36-21-16-23(37-25)38-8-12-4-5-15(34-12)22(38)11(3)40-24(16)35-20(19(21)28)13-6-14(33)18(27)10(2)17(13)26(29,30)31/h6,9,11-12,15,22,34H,4-5,8,33H2,1-3H3/t9?,11-,12+,15-,22+/m0/s1. The average molecular weight is 562 g/mol. The lowest BCUT2D eigenvalue weighted by Gasteiger charge is -2.42. The summed E-state index contributed by atoms with van der Waals surface area (Å²) in [5.74, 6) is -2.41. The lowest BCUT2D eigenvalue weighted by Crippen LogP contribution is -2.62. The number of benzene rings is 1. The first kappa shape index (κ1) is 26.2. The molecule has 0 spiro atoms. The van der Waals surface area contributed by atoms with Gasteiger partial charge in [0.25, 0.3) is 0 Å². The molecule has 0 saturated carbocycles. The van der Waals surface area contributed by atoms with Crippen LogP contribution >= 0.6 is 0 Å². The quantitative estimate of drug-likeness (QED) is 0.357. The molecule has 2 aromatic heterocycles. The summed E-state index contributed by atoms with van der Waals surface area (Å²) in [4.78, 5) is 14.9. The normalized spacial score (nSPS) is 24.2. The number of anilines is 2. The van der Waals surface area contributed by atoms with Crippen LogP contribution in [-0.4, -0.2) is 51.8 Å². The number of fused-ring (bicyclic) bond motifs is 5. The number of ether oxygens (including phenoxy) is 2. The van der Waals surface area contributed by atoms with E-state index < -0.39 is 63.6 Å². The lowest BCUT2D eigenvalue weighted by atomic mass is 9.96. The molecule has 6 rings (SSSR count). The fourth-order valence-electron chi connectivity index (χ4n) is 6.08. The van der Waals surface area contributed by atoms with Crippen LogP contribution in [0, 0.1) is 29.9 Å². The molecule has 5 atom stereocenters. The molecule has 1 aromatic carbocycles. The predicted molar refractivity (Wildman–Crippen MR) is 134 cm³/mol. The third-order valence-electron chi connectivity index (χ3n) is 7.76. The first-order chi connectivity index (χ1) is 18.9. The Kier molecular flexibility index (Phi) is 5.92. The van der Waals surface area contributed by atoms with E-state index in [-0.39, 0.29) is 41.2 Å². The highest BCUT2D eigenvalue weighted by atomic mass is 19.4. The van der Waals surface area contributed by atoms with Gasteiger partial charge in [-0.05, 0) is 45.2 Å². The maximum Gasteiger partial charge on any atom is 0.417 e. The maximum absolute atomic E-state index is 16.4. The molecule has 210 valence electrons. The van der Waals surface area contributed by atoms with Crippen LogP contribution in [0.2, 0.25) is 0 Å². The number of nitrogens with two attached hydrogens (primary N) is 1. The fraction of sp³-hybridized carbons (Fsp3) is 0.462. The van der Waals surface area contributed by atoms with E-state index in [4.69, 9.17) is 15.2 Å². The van der Waals surface area contributed by atoms with E-state index in [1.54, 1.807) is 6.92 Å². The number of halogens is 5. The number of nitrogens with zero attached hydrogens (tertiary/aromatic N) is 5. The van der Waals surface area contributed by atoms with Gasteiger partial charge in [0.1, 0.15) is 40.4 Å². The largest absolute Gasteiger partial charge is 0.472 e. The van der Waals surface area contributed by atoms with Gasteiger partial charge in [-0.1, -0.05) is 0 Å². The van der Waals surface area contributed by atoms with E-state index in [9.17, 15) is 22.8 Å². The van der Waals surface area contributed by atoms with Crippen molar-refractivity contribution in [3.63, 3.8) is 0 Å². The van der Waals surface area contributed by atoms with Crippen molar-refractivity contribution in [2.45, 2.75) is 70.1 Å². The number of nitriles is 1. The van der Waals surface area contributed by atoms with Gasteiger partial charge in [0.05, 0.1) is 17.3 Å². The molecule has 3 N–H and O–H groups in total. The SMILES string of the molecule is Cc1c(F)c(N)cc(-c2nc3c4c(nc(OC(C)C#N)nc4c2F)N2C[C@H]4CC[C@H](N4)[C@H]2[C@H](C)O3)c1C(F)(F)F. The summed E-state index contributed by atoms with van der Waals surface area (Å²) >= 11 is 0. The van der Waals surface area contributed by atoms with Crippen molar-refractivity contribution in [3.8, 4) is 29.2 Å². The highest BCUT2D eigenvalue weighted by Gasteiger charge is 2.47. The summed E-state index contributed by atoms with van der Waals surface area (Å²) in [6, 6.07) is 2.14. The minimum atomic E-state index is -5.06. The Bertz CT molecular complexity index is 1590. The molecular formula is C26H24F5N7O2. The van der Waals surface area contributed by atoms with Gasteiger partial charge in [0, 0.05) is 24.2 Å². The molecule has 9 nitrogen and oxygen atoms in total. The van der Waals surface area contributed by atoms with Crippen LogP contribution in [0.15, 0.2) is 6.07 Å². The van der Waals surface area contributed by atoms with Crippen LogP contribution in [0.4, 0.5) is 33.5 Å². The van der Waals surface area contributed by atoms with Gasteiger partial charge in [-0.25, -0.2) is 13.8 Å². The molecule has 1 unspecified atom stereocenters. The molecule has 2 fully saturated rings. The van der Waals surface area contributed by atoms with Crippen molar-refractivity contribution >= 4 is 22.4 Å². The number of hydrogen-bond acceptors (Lipinski definition) is 9. The van der Waals surface area contributed by atoms with Crippen molar-refractivity contribution in [3.05, 3.63) is 28.8 Å². The summed E-state index contributed by atoms with van der Waals surface area (Å²) in [5, 5.41) is 12.9. The maximum atomic E-state index is 16.4. The van der Waals surface area contributed by atoms with Gasteiger partial charge in [-0.3, -0.25) is 0 Å². The van der Waals surface area contributed by atoms with Crippen molar-refractivity contribution in [2.24, 2.45) is 0 Å². The molecule has 40 heavy (non-hydrogen) atoms. The topological polar surface area (TPSA) is 122 Å². The minimum absolute atomic E-state index is 0.0103. The Morgan fingerprint density at radius 3 is 2.67 bits per heavy atom. The molecule has 0 aliphatic carbocycles. The van der Waals surface area contributed by atoms with Crippen molar-refractivity contribution in [2.75, 3.05) is 17.2 Å². The van der Waals surface area contributed by atoms with Crippen molar-refractivity contribution in [1.29, 1.82) is 5.26 Å². The van der Waals surface area contributed by atoms with Gasteiger partial charge < -0.3 is 25.4 Å².